The largest absolute Gasteiger partial charge is 0.299 e. The van der Waals surface area contributed by atoms with Crippen LogP contribution in [0.3, 0.4) is 0 Å². The first kappa shape index (κ1) is 8.95. The van der Waals surface area contributed by atoms with Gasteiger partial charge in [0.2, 0.25) is 0 Å². The molecule has 0 spiro atoms. The molecule has 0 atom stereocenters. The number of carbonyl (C=O) groups is 1. The second-order valence-corrected chi connectivity index (χ2v) is 4.51. The van der Waals surface area contributed by atoms with Crippen LogP contribution in [0.1, 0.15) is 31.2 Å². The molecule has 1 aromatic heterocycles. The van der Waals surface area contributed by atoms with Gasteiger partial charge in [-0.05, 0) is 48.1 Å². The van der Waals surface area contributed by atoms with Crippen LogP contribution >= 0.6 is 11.3 Å². The Hall–Kier alpha value is -0.630. The summed E-state index contributed by atoms with van der Waals surface area (Å²) in [5.41, 5.74) is 1.38. The Morgan fingerprint density at radius 2 is 2.38 bits per heavy atom. The minimum atomic E-state index is 0.447. The Morgan fingerprint density at radius 3 is 3.00 bits per heavy atom. The molecule has 0 unspecified atom stereocenters. The molecule has 13 heavy (non-hydrogen) atoms. The zero-order valence-electron chi connectivity index (χ0n) is 7.66. The van der Waals surface area contributed by atoms with Crippen molar-refractivity contribution < 1.29 is 4.79 Å². The van der Waals surface area contributed by atoms with Crippen molar-refractivity contribution in [3.63, 3.8) is 0 Å². The van der Waals surface area contributed by atoms with Gasteiger partial charge in [-0.15, -0.1) is 0 Å². The molecule has 0 bridgehead atoms. The molecule has 0 N–H and O–H groups in total. The van der Waals surface area contributed by atoms with Crippen molar-refractivity contribution in [1.82, 2.24) is 0 Å². The van der Waals surface area contributed by atoms with Gasteiger partial charge in [-0.1, -0.05) is 0 Å². The SMILES string of the molecule is O=C(CCCc1ccsc1)C1CC1. The van der Waals surface area contributed by atoms with Gasteiger partial charge in [0.05, 0.1) is 0 Å². The van der Waals surface area contributed by atoms with Gasteiger partial charge in [-0.25, -0.2) is 0 Å². The minimum Gasteiger partial charge on any atom is -0.299 e. The average molecular weight is 194 g/mol. The molecule has 1 aliphatic carbocycles. The van der Waals surface area contributed by atoms with Gasteiger partial charge in [-0.3, -0.25) is 4.79 Å². The number of carbonyl (C=O) groups excluding carboxylic acids is 1. The highest BCUT2D eigenvalue weighted by Gasteiger charge is 2.28. The molecule has 1 nitrogen and oxygen atoms in total. The third kappa shape index (κ3) is 2.66. The normalized spacial score (nSPS) is 16.0. The van der Waals surface area contributed by atoms with Crippen molar-refractivity contribution >= 4 is 17.1 Å². The van der Waals surface area contributed by atoms with Gasteiger partial charge in [0.1, 0.15) is 5.78 Å². The molecule has 1 heterocycles. The molecular formula is C11H14OS. The summed E-state index contributed by atoms with van der Waals surface area (Å²) in [5.74, 6) is 0.942. The van der Waals surface area contributed by atoms with E-state index in [1.165, 1.54) is 5.56 Å². The van der Waals surface area contributed by atoms with Crippen LogP contribution in [0, 0.1) is 5.92 Å². The molecule has 0 saturated heterocycles. The van der Waals surface area contributed by atoms with Gasteiger partial charge in [0, 0.05) is 12.3 Å². The summed E-state index contributed by atoms with van der Waals surface area (Å²) in [6, 6.07) is 2.15. The molecule has 70 valence electrons. The maximum Gasteiger partial charge on any atom is 0.135 e. The fraction of sp³-hybridized carbons (Fsp3) is 0.545. The van der Waals surface area contributed by atoms with E-state index in [-0.39, 0.29) is 0 Å². The summed E-state index contributed by atoms with van der Waals surface area (Å²) in [5, 5.41) is 4.26. The quantitative estimate of drug-likeness (QED) is 0.704. The summed E-state index contributed by atoms with van der Waals surface area (Å²) in [6.07, 6.45) is 5.20. The highest BCUT2D eigenvalue weighted by atomic mass is 32.1. The van der Waals surface area contributed by atoms with Gasteiger partial charge < -0.3 is 0 Å². The summed E-state index contributed by atoms with van der Waals surface area (Å²) < 4.78 is 0. The zero-order valence-corrected chi connectivity index (χ0v) is 8.48. The second-order valence-electron chi connectivity index (χ2n) is 3.73. The van der Waals surface area contributed by atoms with Crippen LogP contribution in [-0.2, 0) is 11.2 Å². The summed E-state index contributed by atoms with van der Waals surface area (Å²) in [4.78, 5) is 11.3. The molecule has 2 heteroatoms. The van der Waals surface area contributed by atoms with E-state index in [0.717, 1.165) is 32.1 Å². The maximum atomic E-state index is 11.3. The van der Waals surface area contributed by atoms with E-state index in [9.17, 15) is 4.79 Å². The number of hydrogen-bond donors (Lipinski definition) is 0. The van der Waals surface area contributed by atoms with Gasteiger partial charge >= 0.3 is 0 Å². The number of ketones is 1. The maximum absolute atomic E-state index is 11.3. The molecule has 1 aliphatic rings. The van der Waals surface area contributed by atoms with Crippen LogP contribution in [0.25, 0.3) is 0 Å². The van der Waals surface area contributed by atoms with Gasteiger partial charge in [0.15, 0.2) is 0 Å². The molecule has 0 aliphatic heterocycles. The summed E-state index contributed by atoms with van der Waals surface area (Å²) >= 11 is 1.73. The zero-order chi connectivity index (χ0) is 9.10. The first-order valence-electron chi connectivity index (χ1n) is 4.90. The third-order valence-corrected chi connectivity index (χ3v) is 3.23. The Bertz CT molecular complexity index is 272. The smallest absolute Gasteiger partial charge is 0.135 e. The lowest BCUT2D eigenvalue weighted by Crippen LogP contribution is -2.00. The first-order valence-corrected chi connectivity index (χ1v) is 5.84. The van der Waals surface area contributed by atoms with E-state index in [0.29, 0.717) is 11.7 Å². The lowest BCUT2D eigenvalue weighted by atomic mass is 10.1. The van der Waals surface area contributed by atoms with Crippen molar-refractivity contribution in [3.05, 3.63) is 22.4 Å². The Balaban J connectivity index is 1.66. The van der Waals surface area contributed by atoms with E-state index >= 15 is 0 Å². The topological polar surface area (TPSA) is 17.1 Å². The highest BCUT2D eigenvalue weighted by Crippen LogP contribution is 2.31. The number of thiophene rings is 1. The van der Waals surface area contributed by atoms with Crippen molar-refractivity contribution in [2.45, 2.75) is 32.1 Å². The summed E-state index contributed by atoms with van der Waals surface area (Å²) in [7, 11) is 0. The Labute approximate surface area is 82.8 Å². The molecule has 1 aromatic rings. The predicted octanol–water partition coefficient (Wildman–Crippen LogP) is 3.05. The predicted molar refractivity (Wildman–Crippen MR) is 55.0 cm³/mol. The van der Waals surface area contributed by atoms with Crippen molar-refractivity contribution in [2.75, 3.05) is 0 Å². The molecule has 0 radical (unpaired) electrons. The van der Waals surface area contributed by atoms with Gasteiger partial charge in [0.25, 0.3) is 0 Å². The van der Waals surface area contributed by atoms with Crippen LogP contribution in [0.4, 0.5) is 0 Å². The molecule has 0 aromatic carbocycles. The van der Waals surface area contributed by atoms with E-state index in [2.05, 4.69) is 16.8 Å². The standard InChI is InChI=1S/C11H14OS/c12-11(10-4-5-10)3-1-2-9-6-7-13-8-9/h6-8,10H,1-5H2. The second kappa shape index (κ2) is 4.05. The summed E-state index contributed by atoms with van der Waals surface area (Å²) in [6.45, 7) is 0. The van der Waals surface area contributed by atoms with Gasteiger partial charge in [-0.2, -0.15) is 11.3 Å². The molecule has 1 saturated carbocycles. The van der Waals surface area contributed by atoms with Crippen molar-refractivity contribution in [1.29, 1.82) is 0 Å². The van der Waals surface area contributed by atoms with Crippen molar-refractivity contribution in [3.8, 4) is 0 Å². The molecular weight excluding hydrogens is 180 g/mol. The molecule has 1 fully saturated rings. The van der Waals surface area contributed by atoms with E-state index in [4.69, 9.17) is 0 Å². The third-order valence-electron chi connectivity index (χ3n) is 2.50. The molecule has 0 amide bonds. The molecule has 2 rings (SSSR count). The average Bonchev–Trinajstić information content (AvgIpc) is 2.86. The first-order chi connectivity index (χ1) is 6.36. The minimum absolute atomic E-state index is 0.447. The van der Waals surface area contributed by atoms with Crippen LogP contribution in [0.5, 0.6) is 0 Å². The van der Waals surface area contributed by atoms with Crippen molar-refractivity contribution in [2.24, 2.45) is 5.92 Å². The van der Waals surface area contributed by atoms with Crippen LogP contribution in [0.15, 0.2) is 16.8 Å². The van der Waals surface area contributed by atoms with Crippen LogP contribution in [0.2, 0.25) is 0 Å². The number of Topliss-reactive ketones (excluding diaryl/α,β-unsaturated/α-hetero) is 1. The van der Waals surface area contributed by atoms with E-state index in [1.807, 2.05) is 0 Å². The van der Waals surface area contributed by atoms with Crippen LogP contribution in [-0.4, -0.2) is 5.78 Å². The van der Waals surface area contributed by atoms with Crippen LogP contribution < -0.4 is 0 Å². The highest BCUT2D eigenvalue weighted by molar-refractivity contribution is 7.07. The number of hydrogen-bond acceptors (Lipinski definition) is 2. The van der Waals surface area contributed by atoms with E-state index in [1.54, 1.807) is 11.3 Å². The van der Waals surface area contributed by atoms with E-state index < -0.39 is 0 Å². The monoisotopic (exact) mass is 194 g/mol. The Morgan fingerprint density at radius 1 is 1.54 bits per heavy atom. The Kier molecular flexibility index (Phi) is 2.79. The lowest BCUT2D eigenvalue weighted by Gasteiger charge is -1.97. The lowest BCUT2D eigenvalue weighted by molar-refractivity contribution is -0.120. The number of rotatable bonds is 5. The number of aryl methyl sites for hydroxylation is 1. The fourth-order valence-corrected chi connectivity index (χ4v) is 2.21. The fourth-order valence-electron chi connectivity index (χ4n) is 1.51.